The monoisotopic (exact) mass is 293 g/mol. The van der Waals surface area contributed by atoms with Gasteiger partial charge in [-0.25, -0.2) is 0 Å². The molecule has 4 nitrogen and oxygen atoms in total. The van der Waals surface area contributed by atoms with Crippen molar-refractivity contribution in [3.05, 3.63) is 23.8 Å². The average molecular weight is 293 g/mol. The van der Waals surface area contributed by atoms with Gasteiger partial charge >= 0.3 is 0 Å². The summed E-state index contributed by atoms with van der Waals surface area (Å²) in [6.45, 7) is 6.47. The molecule has 1 unspecified atom stereocenters. The lowest BCUT2D eigenvalue weighted by Crippen LogP contribution is -2.32. The van der Waals surface area contributed by atoms with Gasteiger partial charge in [0, 0.05) is 11.6 Å². The normalized spacial score (nSPS) is 12.1. The Hall–Kier alpha value is -1.71. The first kappa shape index (κ1) is 17.3. The summed E-state index contributed by atoms with van der Waals surface area (Å²) in [7, 11) is 3.14. The number of nitrogens with one attached hydrogen (secondary N) is 1. The molecule has 0 fully saturated rings. The molecule has 0 spiro atoms. The van der Waals surface area contributed by atoms with Crippen LogP contribution in [-0.4, -0.2) is 26.2 Å². The molecule has 0 aliphatic heterocycles. The van der Waals surface area contributed by atoms with Gasteiger partial charge < -0.3 is 14.8 Å². The van der Waals surface area contributed by atoms with Crippen LogP contribution >= 0.6 is 0 Å². The van der Waals surface area contributed by atoms with Crippen LogP contribution in [0.25, 0.3) is 0 Å². The van der Waals surface area contributed by atoms with Gasteiger partial charge in [-0.05, 0) is 37.5 Å². The maximum atomic E-state index is 12.2. The zero-order valence-electron chi connectivity index (χ0n) is 13.7. The van der Waals surface area contributed by atoms with Crippen LogP contribution in [0.1, 0.15) is 50.4 Å². The number of rotatable bonds is 8. The minimum absolute atomic E-state index is 0.0759. The predicted octanol–water partition coefficient (Wildman–Crippen LogP) is 3.65. The molecule has 118 valence electrons. The Morgan fingerprint density at radius 3 is 2.33 bits per heavy atom. The van der Waals surface area contributed by atoms with E-state index in [0.29, 0.717) is 23.0 Å². The summed E-state index contributed by atoms with van der Waals surface area (Å²) in [6.07, 6.45) is 3.32. The number of amides is 1. The lowest BCUT2D eigenvalue weighted by Gasteiger charge is -2.15. The van der Waals surface area contributed by atoms with Crippen molar-refractivity contribution in [1.29, 1.82) is 0 Å². The molecule has 1 aromatic carbocycles. The number of hydrogen-bond acceptors (Lipinski definition) is 3. The summed E-state index contributed by atoms with van der Waals surface area (Å²) in [5, 5.41) is 3.02. The third kappa shape index (κ3) is 5.66. The van der Waals surface area contributed by atoms with E-state index >= 15 is 0 Å². The smallest absolute Gasteiger partial charge is 0.251 e. The van der Waals surface area contributed by atoms with E-state index < -0.39 is 0 Å². The van der Waals surface area contributed by atoms with E-state index in [1.165, 1.54) is 6.42 Å². The third-order valence-corrected chi connectivity index (χ3v) is 3.44. The molecular weight excluding hydrogens is 266 g/mol. The van der Waals surface area contributed by atoms with Crippen molar-refractivity contribution in [2.45, 2.75) is 46.1 Å². The Balaban J connectivity index is 2.58. The van der Waals surface area contributed by atoms with Crippen molar-refractivity contribution in [2.24, 2.45) is 5.92 Å². The van der Waals surface area contributed by atoms with Crippen LogP contribution in [0.5, 0.6) is 11.5 Å². The second-order valence-electron chi connectivity index (χ2n) is 5.77. The van der Waals surface area contributed by atoms with Gasteiger partial charge in [-0.1, -0.05) is 26.7 Å². The van der Waals surface area contributed by atoms with Gasteiger partial charge in [0.05, 0.1) is 14.2 Å². The number of ether oxygens (including phenoxy) is 2. The van der Waals surface area contributed by atoms with Crippen LogP contribution in [-0.2, 0) is 0 Å². The minimum Gasteiger partial charge on any atom is -0.493 e. The molecule has 0 heterocycles. The Morgan fingerprint density at radius 1 is 1.10 bits per heavy atom. The summed E-state index contributed by atoms with van der Waals surface area (Å²) in [5.74, 6) is 1.82. The van der Waals surface area contributed by atoms with Gasteiger partial charge in [0.25, 0.3) is 5.91 Å². The zero-order chi connectivity index (χ0) is 15.8. The molecular formula is C17H27NO3. The van der Waals surface area contributed by atoms with Gasteiger partial charge in [-0.3, -0.25) is 4.79 Å². The van der Waals surface area contributed by atoms with Crippen molar-refractivity contribution < 1.29 is 14.3 Å². The first-order valence-corrected chi connectivity index (χ1v) is 7.50. The molecule has 0 saturated carbocycles. The quantitative estimate of drug-likeness (QED) is 0.796. The first-order chi connectivity index (χ1) is 9.97. The fourth-order valence-electron chi connectivity index (χ4n) is 2.19. The van der Waals surface area contributed by atoms with Gasteiger partial charge in [-0.15, -0.1) is 0 Å². The molecule has 0 radical (unpaired) electrons. The number of carbonyl (C=O) groups is 1. The van der Waals surface area contributed by atoms with Crippen molar-refractivity contribution in [1.82, 2.24) is 5.32 Å². The van der Waals surface area contributed by atoms with Crippen LogP contribution in [0, 0.1) is 5.92 Å². The van der Waals surface area contributed by atoms with E-state index in [4.69, 9.17) is 9.47 Å². The summed E-state index contributed by atoms with van der Waals surface area (Å²) in [5.41, 5.74) is 0.586. The summed E-state index contributed by atoms with van der Waals surface area (Å²) in [6, 6.07) is 5.37. The van der Waals surface area contributed by atoms with Gasteiger partial charge in [0.1, 0.15) is 0 Å². The molecule has 21 heavy (non-hydrogen) atoms. The SMILES string of the molecule is COc1ccc(C(=O)NC(C)CCCC(C)C)cc1OC. The van der Waals surface area contributed by atoms with Crippen LogP contribution < -0.4 is 14.8 Å². The summed E-state index contributed by atoms with van der Waals surface area (Å²) in [4.78, 5) is 12.2. The van der Waals surface area contributed by atoms with Crippen molar-refractivity contribution >= 4 is 5.91 Å². The van der Waals surface area contributed by atoms with E-state index in [1.54, 1.807) is 32.4 Å². The van der Waals surface area contributed by atoms with E-state index in [9.17, 15) is 4.79 Å². The highest BCUT2D eigenvalue weighted by molar-refractivity contribution is 5.95. The Morgan fingerprint density at radius 2 is 1.76 bits per heavy atom. The standard InChI is InChI=1S/C17H27NO3/c1-12(2)7-6-8-13(3)18-17(19)14-9-10-15(20-4)16(11-14)21-5/h9-13H,6-8H2,1-5H3,(H,18,19). The number of methoxy groups -OCH3 is 2. The molecule has 1 rings (SSSR count). The molecule has 0 aliphatic carbocycles. The molecule has 0 bridgehead atoms. The van der Waals surface area contributed by atoms with Gasteiger partial charge in [-0.2, -0.15) is 0 Å². The summed E-state index contributed by atoms with van der Waals surface area (Å²) >= 11 is 0. The van der Waals surface area contributed by atoms with Crippen LogP contribution in [0.2, 0.25) is 0 Å². The van der Waals surface area contributed by atoms with E-state index in [-0.39, 0.29) is 11.9 Å². The van der Waals surface area contributed by atoms with Crippen LogP contribution in [0.4, 0.5) is 0 Å². The summed E-state index contributed by atoms with van der Waals surface area (Å²) < 4.78 is 10.4. The van der Waals surface area contributed by atoms with Gasteiger partial charge in [0.2, 0.25) is 0 Å². The first-order valence-electron chi connectivity index (χ1n) is 7.50. The topological polar surface area (TPSA) is 47.6 Å². The average Bonchev–Trinajstić information content (AvgIpc) is 2.45. The zero-order valence-corrected chi connectivity index (χ0v) is 13.7. The molecule has 0 aromatic heterocycles. The highest BCUT2D eigenvalue weighted by Crippen LogP contribution is 2.27. The second-order valence-corrected chi connectivity index (χ2v) is 5.77. The van der Waals surface area contributed by atoms with Crippen LogP contribution in [0.3, 0.4) is 0 Å². The molecule has 0 saturated heterocycles. The molecule has 0 aliphatic rings. The molecule has 1 amide bonds. The number of carbonyl (C=O) groups excluding carboxylic acids is 1. The van der Waals surface area contributed by atoms with Crippen molar-refractivity contribution in [3.63, 3.8) is 0 Å². The Kier molecular flexibility index (Phi) is 7.06. The fraction of sp³-hybridized carbons (Fsp3) is 0.588. The molecule has 1 atom stereocenters. The van der Waals surface area contributed by atoms with Crippen LogP contribution in [0.15, 0.2) is 18.2 Å². The maximum Gasteiger partial charge on any atom is 0.251 e. The minimum atomic E-state index is -0.0759. The number of benzene rings is 1. The predicted molar refractivity (Wildman–Crippen MR) is 85.2 cm³/mol. The third-order valence-electron chi connectivity index (χ3n) is 3.44. The highest BCUT2D eigenvalue weighted by Gasteiger charge is 2.13. The molecule has 1 aromatic rings. The second kappa shape index (κ2) is 8.55. The molecule has 1 N–H and O–H groups in total. The van der Waals surface area contributed by atoms with E-state index in [0.717, 1.165) is 12.8 Å². The Bertz CT molecular complexity index is 457. The van der Waals surface area contributed by atoms with Gasteiger partial charge in [0.15, 0.2) is 11.5 Å². The largest absolute Gasteiger partial charge is 0.493 e. The van der Waals surface area contributed by atoms with E-state index in [1.807, 2.05) is 6.92 Å². The van der Waals surface area contributed by atoms with Crippen molar-refractivity contribution in [2.75, 3.05) is 14.2 Å². The fourth-order valence-corrected chi connectivity index (χ4v) is 2.19. The van der Waals surface area contributed by atoms with E-state index in [2.05, 4.69) is 19.2 Å². The lowest BCUT2D eigenvalue weighted by molar-refractivity contribution is 0.0937. The molecule has 4 heteroatoms. The Labute approximate surface area is 127 Å². The number of hydrogen-bond donors (Lipinski definition) is 1. The van der Waals surface area contributed by atoms with Crippen molar-refractivity contribution in [3.8, 4) is 11.5 Å². The highest BCUT2D eigenvalue weighted by atomic mass is 16.5. The lowest BCUT2D eigenvalue weighted by atomic mass is 10.0. The maximum absolute atomic E-state index is 12.2.